The second-order valence-corrected chi connectivity index (χ2v) is 2.44. The predicted molar refractivity (Wildman–Crippen MR) is 22.4 cm³/mol. The van der Waals surface area contributed by atoms with E-state index in [1.807, 2.05) is 0 Å². The Hall–Kier alpha value is -0.928. The molecule has 0 atom stereocenters. The summed E-state index contributed by atoms with van der Waals surface area (Å²) in [6.45, 7) is 0. The predicted octanol–water partition coefficient (Wildman–Crippen LogP) is -0.167. The summed E-state index contributed by atoms with van der Waals surface area (Å²) in [6, 6.07) is 0. The molecule has 1 rings (SSSR count). The first-order chi connectivity index (χ1) is 4.18. The van der Waals surface area contributed by atoms with Gasteiger partial charge in [-0.3, -0.25) is 0 Å². The Morgan fingerprint density at radius 3 is 2.56 bits per heavy atom. The molecule has 0 aromatic heterocycles. The molecule has 1 fully saturated rings. The van der Waals surface area contributed by atoms with E-state index in [0.29, 0.717) is 0 Å². The first-order valence-electron chi connectivity index (χ1n) is 1.95. The molecule has 48 valence electrons. The first kappa shape index (κ1) is 6.20. The van der Waals surface area contributed by atoms with Crippen molar-refractivity contribution in [2.75, 3.05) is 0 Å². The van der Waals surface area contributed by atoms with Gasteiger partial charge in [0, 0.05) is 0 Å². The van der Waals surface area contributed by atoms with E-state index in [0.717, 1.165) is 0 Å². The van der Waals surface area contributed by atoms with Gasteiger partial charge in [0.05, 0.1) is 0 Å². The molecule has 1 N–H and O–H groups in total. The lowest BCUT2D eigenvalue weighted by molar-refractivity contribution is 0.0376. The number of carbonyl (C=O) groups excluding carboxylic acids is 1. The van der Waals surface area contributed by atoms with Gasteiger partial charge in [-0.15, -0.1) is 0 Å². The number of hydrogen-bond acceptors (Lipinski definition) is 5. The summed E-state index contributed by atoms with van der Waals surface area (Å²) >= 11 is -2.57. The fourth-order valence-corrected chi connectivity index (χ4v) is 0.889. The van der Waals surface area contributed by atoms with Gasteiger partial charge < -0.3 is 16.5 Å². The molecule has 0 amide bonds. The average Bonchev–Trinajstić information content (AvgIpc) is 1.60. The van der Waals surface area contributed by atoms with Crippen LogP contribution in [-0.4, -0.2) is 32.6 Å². The van der Waals surface area contributed by atoms with Gasteiger partial charge >= 0.3 is 27.5 Å². The van der Waals surface area contributed by atoms with Crippen LogP contribution >= 0.6 is 0 Å². The first-order valence-corrected chi connectivity index (χ1v) is 3.37. The Labute approximate surface area is 54.3 Å². The maximum atomic E-state index is 9.81. The van der Waals surface area contributed by atoms with Gasteiger partial charge in [0.25, 0.3) is 0 Å². The molecular weight excluding hydrogens is 147 g/mol. The Balaban J connectivity index is 2.18. The standard InChI is InChI=1S/2CH2O3.Al/c2*2-1(3)4;/h2*(H2,2,3,4);/q;;+3/p-3. The highest BCUT2D eigenvalue weighted by molar-refractivity contribution is 6.48. The van der Waals surface area contributed by atoms with Crippen molar-refractivity contribution in [3.63, 3.8) is 0 Å². The molecule has 0 spiro atoms. The van der Waals surface area contributed by atoms with Crippen molar-refractivity contribution in [3.05, 3.63) is 0 Å². The fraction of sp³-hybridized carbons (Fsp3) is 0. The van der Waals surface area contributed by atoms with Crippen LogP contribution in [0, 0.1) is 0 Å². The van der Waals surface area contributed by atoms with Crippen LogP contribution in [0.15, 0.2) is 0 Å². The van der Waals surface area contributed by atoms with Crippen LogP contribution in [0.4, 0.5) is 9.59 Å². The fourth-order valence-electron chi connectivity index (χ4n) is 0.296. The molecule has 7 heteroatoms. The van der Waals surface area contributed by atoms with E-state index in [2.05, 4.69) is 11.4 Å². The van der Waals surface area contributed by atoms with Crippen molar-refractivity contribution in [3.8, 4) is 0 Å². The van der Waals surface area contributed by atoms with E-state index in [9.17, 15) is 9.59 Å². The number of rotatable bonds is 1. The molecule has 1 saturated heterocycles. The van der Waals surface area contributed by atoms with Crippen molar-refractivity contribution < 1.29 is 26.1 Å². The summed E-state index contributed by atoms with van der Waals surface area (Å²) in [4.78, 5) is 19.5. The highest BCUT2D eigenvalue weighted by atomic mass is 27.3. The molecule has 0 saturated carbocycles. The van der Waals surface area contributed by atoms with Crippen molar-refractivity contribution in [1.82, 2.24) is 0 Å². The molecule has 9 heavy (non-hydrogen) atoms. The molecular formula is C2HAlO6. The number of carboxylic acid groups (broad SMARTS) is 1. The molecule has 0 aliphatic carbocycles. The van der Waals surface area contributed by atoms with Crippen LogP contribution in [0.2, 0.25) is 0 Å². The lowest BCUT2D eigenvalue weighted by Crippen LogP contribution is -2.43. The van der Waals surface area contributed by atoms with Crippen molar-refractivity contribution in [1.29, 1.82) is 0 Å². The van der Waals surface area contributed by atoms with Gasteiger partial charge in [-0.2, -0.15) is 0 Å². The van der Waals surface area contributed by atoms with Gasteiger partial charge in [0.15, 0.2) is 0 Å². The molecule has 1 heterocycles. The Bertz CT molecular complexity index is 145. The zero-order chi connectivity index (χ0) is 6.85. The van der Waals surface area contributed by atoms with Gasteiger partial charge in [0.2, 0.25) is 0 Å². The lowest BCUT2D eigenvalue weighted by Gasteiger charge is -2.17. The Morgan fingerprint density at radius 1 is 1.67 bits per heavy atom. The Morgan fingerprint density at radius 2 is 2.22 bits per heavy atom. The minimum absolute atomic E-state index is 0.868. The minimum atomic E-state index is -2.57. The molecule has 1 aliphatic heterocycles. The van der Waals surface area contributed by atoms with E-state index < -0.39 is 27.5 Å². The summed E-state index contributed by atoms with van der Waals surface area (Å²) in [7, 11) is 0. The van der Waals surface area contributed by atoms with Gasteiger partial charge in [0.1, 0.15) is 0 Å². The van der Waals surface area contributed by atoms with Crippen molar-refractivity contribution in [2.45, 2.75) is 0 Å². The SMILES string of the molecule is O=C(O)[O][Al]1[O]C(=O)[O]1. The summed E-state index contributed by atoms with van der Waals surface area (Å²) in [6.07, 6.45) is -2.35. The second-order valence-electron chi connectivity index (χ2n) is 1.16. The van der Waals surface area contributed by atoms with E-state index in [1.54, 1.807) is 0 Å². The number of carbonyl (C=O) groups is 2. The Kier molecular flexibility index (Phi) is 1.46. The molecule has 1 aliphatic rings. The van der Waals surface area contributed by atoms with Crippen LogP contribution in [0.1, 0.15) is 0 Å². The summed E-state index contributed by atoms with van der Waals surface area (Å²) in [5, 5.41) is 7.88. The molecule has 0 aromatic rings. The normalized spacial score (nSPS) is 15.1. The van der Waals surface area contributed by atoms with Crippen LogP contribution in [0.3, 0.4) is 0 Å². The summed E-state index contributed by atoms with van der Waals surface area (Å²) < 4.78 is 12.2. The molecule has 6 nitrogen and oxygen atoms in total. The van der Waals surface area contributed by atoms with E-state index in [1.165, 1.54) is 0 Å². The molecule has 0 unspecified atom stereocenters. The van der Waals surface area contributed by atoms with Crippen LogP contribution < -0.4 is 0 Å². The minimum Gasteiger partial charge on any atom is -0.520 e. The third-order valence-electron chi connectivity index (χ3n) is 0.582. The van der Waals surface area contributed by atoms with Gasteiger partial charge in [-0.25, -0.2) is 9.59 Å². The highest BCUT2D eigenvalue weighted by Gasteiger charge is 2.58. The highest BCUT2D eigenvalue weighted by Crippen LogP contribution is 2.06. The lowest BCUT2D eigenvalue weighted by atomic mass is 11.4. The van der Waals surface area contributed by atoms with E-state index in [-0.39, 0.29) is 0 Å². The molecule has 0 aromatic carbocycles. The smallest absolute Gasteiger partial charge is 0.520 e. The summed E-state index contributed by atoms with van der Waals surface area (Å²) in [5.74, 6) is 0. The van der Waals surface area contributed by atoms with Gasteiger partial charge in [-0.1, -0.05) is 0 Å². The maximum Gasteiger partial charge on any atom is 1.21 e. The molecule has 0 bridgehead atoms. The van der Waals surface area contributed by atoms with Crippen LogP contribution in [0.25, 0.3) is 0 Å². The largest absolute Gasteiger partial charge is 1.21 e. The molecule has 0 radical (unpaired) electrons. The van der Waals surface area contributed by atoms with Gasteiger partial charge in [-0.05, 0) is 0 Å². The van der Waals surface area contributed by atoms with E-state index >= 15 is 0 Å². The monoisotopic (exact) mass is 148 g/mol. The quantitative estimate of drug-likeness (QED) is 0.520. The third kappa shape index (κ3) is 1.48. The van der Waals surface area contributed by atoms with Crippen LogP contribution in [-0.2, 0) is 11.4 Å². The summed E-state index contributed by atoms with van der Waals surface area (Å²) in [5.41, 5.74) is 0. The topological polar surface area (TPSA) is 82.1 Å². The average molecular weight is 148 g/mol. The van der Waals surface area contributed by atoms with Crippen LogP contribution in [0.5, 0.6) is 0 Å². The maximum absolute atomic E-state index is 9.81. The van der Waals surface area contributed by atoms with E-state index in [4.69, 9.17) is 5.11 Å². The van der Waals surface area contributed by atoms with Crippen molar-refractivity contribution in [2.24, 2.45) is 0 Å². The van der Waals surface area contributed by atoms with Crippen molar-refractivity contribution >= 4 is 27.5 Å². The second kappa shape index (κ2) is 2.13. The third-order valence-corrected chi connectivity index (χ3v) is 1.75. The zero-order valence-corrected chi connectivity index (χ0v) is 5.22. The number of hydrogen-bond donors (Lipinski definition) is 1. The zero-order valence-electron chi connectivity index (χ0n) is 4.07.